The predicted molar refractivity (Wildman–Crippen MR) is 92.5 cm³/mol. The maximum atomic E-state index is 6.44. The molecule has 1 saturated carbocycles. The first-order valence-electron chi connectivity index (χ1n) is 8.92. The van der Waals surface area contributed by atoms with Crippen LogP contribution in [0.15, 0.2) is 30.3 Å². The monoisotopic (exact) mass is 334 g/mol. The molecular formula is C19H26O3S. The minimum absolute atomic E-state index is 0.212. The maximum absolute atomic E-state index is 6.44. The first-order valence-corrected chi connectivity index (χ1v) is 10.1. The Hall–Kier alpha value is -0.550. The molecule has 0 aromatic heterocycles. The van der Waals surface area contributed by atoms with Crippen molar-refractivity contribution < 1.29 is 14.2 Å². The maximum Gasteiger partial charge on any atom is 0.169 e. The molecule has 0 unspecified atom stereocenters. The van der Waals surface area contributed by atoms with Crippen LogP contribution < -0.4 is 0 Å². The number of fused-ring (bicyclic) bond motifs is 1. The molecule has 0 N–H and O–H groups in total. The quantitative estimate of drug-likeness (QED) is 0.830. The van der Waals surface area contributed by atoms with Gasteiger partial charge in [-0.3, -0.25) is 0 Å². The highest BCUT2D eigenvalue weighted by Crippen LogP contribution is 2.43. The van der Waals surface area contributed by atoms with Gasteiger partial charge >= 0.3 is 0 Å². The molecule has 23 heavy (non-hydrogen) atoms. The first-order chi connectivity index (χ1) is 11.3. The molecule has 2 heterocycles. The summed E-state index contributed by atoms with van der Waals surface area (Å²) < 4.78 is 19.0. The van der Waals surface area contributed by atoms with Crippen molar-refractivity contribution in [2.75, 3.05) is 11.5 Å². The fraction of sp³-hybridized carbons (Fsp3) is 0.684. The lowest BCUT2D eigenvalue weighted by atomic mass is 9.94. The molecule has 126 valence electrons. The van der Waals surface area contributed by atoms with Gasteiger partial charge in [0.1, 0.15) is 0 Å². The molecule has 3 nitrogen and oxygen atoms in total. The van der Waals surface area contributed by atoms with E-state index in [1.54, 1.807) is 0 Å². The lowest BCUT2D eigenvalue weighted by molar-refractivity contribution is -0.194. The van der Waals surface area contributed by atoms with E-state index in [9.17, 15) is 0 Å². The van der Waals surface area contributed by atoms with Gasteiger partial charge in [0.05, 0.1) is 24.9 Å². The highest BCUT2D eigenvalue weighted by molar-refractivity contribution is 7.99. The molecule has 4 rings (SSSR count). The summed E-state index contributed by atoms with van der Waals surface area (Å²) in [6.07, 6.45) is 7.62. The van der Waals surface area contributed by atoms with Crippen LogP contribution in [0.25, 0.3) is 0 Å². The molecule has 0 amide bonds. The van der Waals surface area contributed by atoms with Crippen LogP contribution in [-0.4, -0.2) is 35.6 Å². The van der Waals surface area contributed by atoms with E-state index in [0.29, 0.717) is 6.61 Å². The zero-order chi connectivity index (χ0) is 15.5. The second-order valence-electron chi connectivity index (χ2n) is 6.98. The Morgan fingerprint density at radius 1 is 1.00 bits per heavy atom. The molecule has 1 aromatic carbocycles. The third-order valence-electron chi connectivity index (χ3n) is 5.17. The van der Waals surface area contributed by atoms with E-state index in [-0.39, 0.29) is 24.1 Å². The van der Waals surface area contributed by atoms with Crippen molar-refractivity contribution in [3.8, 4) is 0 Å². The van der Waals surface area contributed by atoms with Crippen molar-refractivity contribution >= 4 is 11.8 Å². The Labute approximate surface area is 143 Å². The summed E-state index contributed by atoms with van der Waals surface area (Å²) in [5, 5.41) is 0. The number of hydrogen-bond donors (Lipinski definition) is 0. The van der Waals surface area contributed by atoms with Crippen LogP contribution >= 0.6 is 11.8 Å². The molecular weight excluding hydrogens is 308 g/mol. The van der Waals surface area contributed by atoms with Crippen LogP contribution in [0.2, 0.25) is 0 Å². The highest BCUT2D eigenvalue weighted by Gasteiger charge is 2.49. The fourth-order valence-electron chi connectivity index (χ4n) is 3.95. The Kier molecular flexibility index (Phi) is 4.95. The third-order valence-corrected chi connectivity index (χ3v) is 6.34. The highest BCUT2D eigenvalue weighted by atomic mass is 32.2. The van der Waals surface area contributed by atoms with Crippen molar-refractivity contribution in [3.63, 3.8) is 0 Å². The van der Waals surface area contributed by atoms with Gasteiger partial charge in [-0.25, -0.2) is 0 Å². The molecule has 2 aliphatic heterocycles. The zero-order valence-electron chi connectivity index (χ0n) is 13.6. The lowest BCUT2D eigenvalue weighted by Crippen LogP contribution is -2.34. The van der Waals surface area contributed by atoms with E-state index in [1.807, 2.05) is 17.8 Å². The molecule has 3 fully saturated rings. The van der Waals surface area contributed by atoms with E-state index in [1.165, 1.54) is 24.8 Å². The first kappa shape index (κ1) is 15.9. The minimum atomic E-state index is -0.268. The summed E-state index contributed by atoms with van der Waals surface area (Å²) in [7, 11) is 0. The molecule has 2 saturated heterocycles. The number of benzene rings is 1. The standard InChI is InChI=1S/C19H26O3S/c1-3-7-15(8-4-1)12-20-16-11-17-18(14-23-13-16)22-19(21-17)9-5-2-6-10-19/h1,3-4,7-8,16-18H,2,5-6,9-14H2/t16-,17+,18-/m0/s1. The van der Waals surface area contributed by atoms with Gasteiger partial charge in [-0.05, 0) is 18.4 Å². The predicted octanol–water partition coefficient (Wildman–Crippen LogP) is 4.15. The molecule has 4 heteroatoms. The Morgan fingerprint density at radius 2 is 1.78 bits per heavy atom. The average Bonchev–Trinajstić information content (AvgIpc) is 2.79. The zero-order valence-corrected chi connectivity index (χ0v) is 14.4. The van der Waals surface area contributed by atoms with Gasteiger partial charge in [-0.1, -0.05) is 36.8 Å². The van der Waals surface area contributed by atoms with Gasteiger partial charge in [0.15, 0.2) is 5.79 Å². The lowest BCUT2D eigenvalue weighted by Gasteiger charge is -2.32. The number of rotatable bonds is 3. The Morgan fingerprint density at radius 3 is 2.61 bits per heavy atom. The average molecular weight is 334 g/mol. The van der Waals surface area contributed by atoms with Gasteiger partial charge in [0.2, 0.25) is 0 Å². The van der Waals surface area contributed by atoms with Crippen LogP contribution in [0.1, 0.15) is 44.1 Å². The Bertz CT molecular complexity index is 501. The van der Waals surface area contributed by atoms with Gasteiger partial charge in [0.25, 0.3) is 0 Å². The second-order valence-corrected chi connectivity index (χ2v) is 8.05. The van der Waals surface area contributed by atoms with E-state index in [2.05, 4.69) is 24.3 Å². The van der Waals surface area contributed by atoms with E-state index < -0.39 is 0 Å². The molecule has 1 aromatic rings. The van der Waals surface area contributed by atoms with Crippen molar-refractivity contribution in [1.29, 1.82) is 0 Å². The summed E-state index contributed by atoms with van der Waals surface area (Å²) in [4.78, 5) is 0. The van der Waals surface area contributed by atoms with Gasteiger partial charge in [-0.2, -0.15) is 11.8 Å². The van der Waals surface area contributed by atoms with E-state index in [4.69, 9.17) is 14.2 Å². The fourth-order valence-corrected chi connectivity index (χ4v) is 5.09. The summed E-state index contributed by atoms with van der Waals surface area (Å²) in [5.74, 6) is 1.81. The van der Waals surface area contributed by atoms with E-state index in [0.717, 1.165) is 30.8 Å². The summed E-state index contributed by atoms with van der Waals surface area (Å²) in [5.41, 5.74) is 1.24. The van der Waals surface area contributed by atoms with Gasteiger partial charge in [-0.15, -0.1) is 0 Å². The third kappa shape index (κ3) is 3.76. The number of ether oxygens (including phenoxy) is 3. The SMILES string of the molecule is c1ccc(CO[C@@H]2CSC[C@@H]3OC4(CCCCC4)O[C@@H]3C2)cc1. The Balaban J connectivity index is 1.35. The van der Waals surface area contributed by atoms with Gasteiger partial charge in [0, 0.05) is 30.8 Å². The number of thioether (sulfide) groups is 1. The van der Waals surface area contributed by atoms with Gasteiger partial charge < -0.3 is 14.2 Å². The summed E-state index contributed by atoms with van der Waals surface area (Å²) >= 11 is 1.95. The van der Waals surface area contributed by atoms with Crippen LogP contribution in [0.5, 0.6) is 0 Å². The topological polar surface area (TPSA) is 27.7 Å². The van der Waals surface area contributed by atoms with Crippen molar-refractivity contribution in [2.45, 2.75) is 69.2 Å². The smallest absolute Gasteiger partial charge is 0.169 e. The van der Waals surface area contributed by atoms with Crippen LogP contribution in [-0.2, 0) is 20.8 Å². The van der Waals surface area contributed by atoms with E-state index >= 15 is 0 Å². The van der Waals surface area contributed by atoms with Crippen LogP contribution in [0.3, 0.4) is 0 Å². The largest absolute Gasteiger partial charge is 0.373 e. The molecule has 3 atom stereocenters. The van der Waals surface area contributed by atoms with Crippen molar-refractivity contribution in [3.05, 3.63) is 35.9 Å². The normalized spacial score (nSPS) is 33.3. The molecule has 1 aliphatic carbocycles. The minimum Gasteiger partial charge on any atom is -0.373 e. The number of hydrogen-bond acceptors (Lipinski definition) is 4. The van der Waals surface area contributed by atoms with Crippen molar-refractivity contribution in [1.82, 2.24) is 0 Å². The van der Waals surface area contributed by atoms with Crippen LogP contribution in [0, 0.1) is 0 Å². The molecule has 1 spiro atoms. The summed E-state index contributed by atoms with van der Waals surface area (Å²) in [6.45, 7) is 0.690. The van der Waals surface area contributed by atoms with Crippen molar-refractivity contribution in [2.24, 2.45) is 0 Å². The second kappa shape index (κ2) is 7.14. The molecule has 0 radical (unpaired) electrons. The summed E-state index contributed by atoms with van der Waals surface area (Å²) in [6, 6.07) is 10.4. The molecule has 0 bridgehead atoms. The molecule has 3 aliphatic rings. The van der Waals surface area contributed by atoms with Crippen LogP contribution in [0.4, 0.5) is 0 Å².